The molecule has 0 fully saturated rings. The molecule has 0 spiro atoms. The zero-order valence-corrected chi connectivity index (χ0v) is 15.0. The number of nitrogens with one attached hydrogen (secondary N) is 1. The van der Waals surface area contributed by atoms with Gasteiger partial charge >= 0.3 is 0 Å². The first-order valence-electron chi connectivity index (χ1n) is 7.69. The molecule has 0 bridgehead atoms. The third-order valence-electron chi connectivity index (χ3n) is 3.80. The molecule has 0 saturated carbocycles. The topological polar surface area (TPSA) is 64.6 Å². The van der Waals surface area contributed by atoms with Crippen molar-refractivity contribution >= 4 is 10.0 Å². The molecule has 2 aromatic carbocycles. The molecular formula is C18H23NO4S. The molecule has 2 aromatic rings. The van der Waals surface area contributed by atoms with Crippen LogP contribution in [0.2, 0.25) is 0 Å². The maximum atomic E-state index is 12.3. The second-order valence-corrected chi connectivity index (χ2v) is 7.26. The molecule has 6 heteroatoms. The Morgan fingerprint density at radius 1 is 1.00 bits per heavy atom. The van der Waals surface area contributed by atoms with Gasteiger partial charge in [0.15, 0.2) is 0 Å². The summed E-state index contributed by atoms with van der Waals surface area (Å²) < 4.78 is 37.8. The average Bonchev–Trinajstić information content (AvgIpc) is 2.59. The maximum Gasteiger partial charge on any atom is 0.240 e. The van der Waals surface area contributed by atoms with Gasteiger partial charge in [0.25, 0.3) is 0 Å². The van der Waals surface area contributed by atoms with Gasteiger partial charge in [-0.2, -0.15) is 0 Å². The van der Waals surface area contributed by atoms with E-state index in [1.807, 2.05) is 31.2 Å². The first-order chi connectivity index (χ1) is 11.5. The number of benzene rings is 2. The summed E-state index contributed by atoms with van der Waals surface area (Å²) in [6, 6.07) is 14.3. The molecule has 1 atom stereocenters. The van der Waals surface area contributed by atoms with E-state index in [9.17, 15) is 8.42 Å². The van der Waals surface area contributed by atoms with E-state index in [1.165, 1.54) is 0 Å². The van der Waals surface area contributed by atoms with Crippen LogP contribution in [0.1, 0.15) is 23.7 Å². The summed E-state index contributed by atoms with van der Waals surface area (Å²) in [6.07, 6.45) is 0.352. The minimum Gasteiger partial charge on any atom is -0.497 e. The molecule has 0 unspecified atom stereocenters. The molecule has 130 valence electrons. The fourth-order valence-electron chi connectivity index (χ4n) is 2.36. The Labute approximate surface area is 143 Å². The SMILES string of the molecule is COc1ccc([C@H](CCNS(=O)(=O)c2ccc(C)cc2)OC)cc1. The van der Waals surface area contributed by atoms with Crippen LogP contribution in [-0.4, -0.2) is 29.2 Å². The van der Waals surface area contributed by atoms with E-state index in [2.05, 4.69) is 4.72 Å². The molecular weight excluding hydrogens is 326 g/mol. The Kier molecular flexibility index (Phi) is 6.36. The van der Waals surface area contributed by atoms with Crippen molar-refractivity contribution in [1.82, 2.24) is 4.72 Å². The smallest absolute Gasteiger partial charge is 0.240 e. The van der Waals surface area contributed by atoms with E-state index in [0.717, 1.165) is 16.9 Å². The van der Waals surface area contributed by atoms with E-state index in [-0.39, 0.29) is 11.0 Å². The van der Waals surface area contributed by atoms with Gasteiger partial charge in [0, 0.05) is 13.7 Å². The van der Waals surface area contributed by atoms with Gasteiger partial charge in [0.2, 0.25) is 10.0 Å². The largest absolute Gasteiger partial charge is 0.497 e. The van der Waals surface area contributed by atoms with Crippen molar-refractivity contribution in [2.24, 2.45) is 0 Å². The molecule has 0 heterocycles. The van der Waals surface area contributed by atoms with Gasteiger partial charge in [-0.05, 0) is 43.2 Å². The second kappa shape index (κ2) is 8.28. The molecule has 0 aliphatic heterocycles. The molecule has 1 N–H and O–H groups in total. The summed E-state index contributed by atoms with van der Waals surface area (Å²) in [4.78, 5) is 0.270. The lowest BCUT2D eigenvalue weighted by atomic mass is 10.1. The van der Waals surface area contributed by atoms with Crippen molar-refractivity contribution in [2.75, 3.05) is 20.8 Å². The van der Waals surface area contributed by atoms with Gasteiger partial charge in [0.1, 0.15) is 5.75 Å². The lowest BCUT2D eigenvalue weighted by Gasteiger charge is -2.16. The molecule has 0 aliphatic rings. The fraction of sp³-hybridized carbons (Fsp3) is 0.333. The van der Waals surface area contributed by atoms with E-state index in [4.69, 9.17) is 9.47 Å². The predicted octanol–water partition coefficient (Wildman–Crippen LogP) is 3.06. The van der Waals surface area contributed by atoms with Crippen LogP contribution in [0.5, 0.6) is 5.75 Å². The molecule has 0 saturated heterocycles. The monoisotopic (exact) mass is 349 g/mol. The van der Waals surface area contributed by atoms with E-state index in [0.29, 0.717) is 13.0 Å². The summed E-state index contributed by atoms with van der Waals surface area (Å²) in [5.41, 5.74) is 2.00. The first kappa shape index (κ1) is 18.4. The number of rotatable bonds is 8. The number of hydrogen-bond acceptors (Lipinski definition) is 4. The number of ether oxygens (including phenoxy) is 2. The highest BCUT2D eigenvalue weighted by Gasteiger charge is 2.16. The van der Waals surface area contributed by atoms with Crippen LogP contribution in [0.15, 0.2) is 53.4 Å². The van der Waals surface area contributed by atoms with E-state index >= 15 is 0 Å². The van der Waals surface area contributed by atoms with E-state index in [1.54, 1.807) is 38.5 Å². The molecule has 0 aromatic heterocycles. The van der Waals surface area contributed by atoms with Crippen LogP contribution in [0, 0.1) is 6.92 Å². The second-order valence-electron chi connectivity index (χ2n) is 5.50. The zero-order valence-electron chi connectivity index (χ0n) is 14.2. The van der Waals surface area contributed by atoms with Gasteiger partial charge in [-0.25, -0.2) is 13.1 Å². The minimum atomic E-state index is -3.50. The number of methoxy groups -OCH3 is 2. The normalized spacial score (nSPS) is 12.8. The molecule has 5 nitrogen and oxygen atoms in total. The highest BCUT2D eigenvalue weighted by molar-refractivity contribution is 7.89. The average molecular weight is 349 g/mol. The Hall–Kier alpha value is -1.89. The van der Waals surface area contributed by atoms with Crippen molar-refractivity contribution in [2.45, 2.75) is 24.3 Å². The Morgan fingerprint density at radius 3 is 2.17 bits per heavy atom. The van der Waals surface area contributed by atoms with Gasteiger partial charge in [-0.15, -0.1) is 0 Å². The van der Waals surface area contributed by atoms with Crippen molar-refractivity contribution < 1.29 is 17.9 Å². The Bertz CT molecular complexity index is 740. The van der Waals surface area contributed by atoms with Crippen molar-refractivity contribution in [1.29, 1.82) is 0 Å². The van der Waals surface area contributed by atoms with Gasteiger partial charge in [-0.3, -0.25) is 0 Å². The van der Waals surface area contributed by atoms with Crippen LogP contribution in [-0.2, 0) is 14.8 Å². The lowest BCUT2D eigenvalue weighted by Crippen LogP contribution is -2.26. The fourth-order valence-corrected chi connectivity index (χ4v) is 3.41. The highest BCUT2D eigenvalue weighted by Crippen LogP contribution is 2.23. The lowest BCUT2D eigenvalue weighted by molar-refractivity contribution is 0.0969. The van der Waals surface area contributed by atoms with Crippen LogP contribution >= 0.6 is 0 Å². The number of sulfonamides is 1. The van der Waals surface area contributed by atoms with Crippen LogP contribution in [0.3, 0.4) is 0 Å². The molecule has 0 amide bonds. The quantitative estimate of drug-likeness (QED) is 0.795. The van der Waals surface area contributed by atoms with Crippen molar-refractivity contribution in [3.05, 3.63) is 59.7 Å². The standard InChI is InChI=1S/C18H23NO4S/c1-14-4-10-17(11-5-14)24(20,21)19-13-12-18(23-3)15-6-8-16(22-2)9-7-15/h4-11,18-19H,12-13H2,1-3H3/t18-/m0/s1. The summed E-state index contributed by atoms with van der Waals surface area (Å²) in [6.45, 7) is 2.21. The van der Waals surface area contributed by atoms with Gasteiger partial charge in [0.05, 0.1) is 18.1 Å². The molecule has 0 radical (unpaired) electrons. The summed E-state index contributed by atoms with van der Waals surface area (Å²) in [7, 11) is -0.271. The third-order valence-corrected chi connectivity index (χ3v) is 5.28. The Balaban J connectivity index is 1.96. The van der Waals surface area contributed by atoms with Crippen molar-refractivity contribution in [3.63, 3.8) is 0 Å². The van der Waals surface area contributed by atoms with Crippen LogP contribution in [0.25, 0.3) is 0 Å². The van der Waals surface area contributed by atoms with Gasteiger partial charge in [-0.1, -0.05) is 29.8 Å². The van der Waals surface area contributed by atoms with Crippen molar-refractivity contribution in [3.8, 4) is 5.75 Å². The summed E-state index contributed by atoms with van der Waals surface area (Å²) >= 11 is 0. The summed E-state index contributed by atoms with van der Waals surface area (Å²) in [5, 5.41) is 0. The number of aryl methyl sites for hydroxylation is 1. The number of hydrogen-bond donors (Lipinski definition) is 1. The molecule has 0 aliphatic carbocycles. The van der Waals surface area contributed by atoms with Crippen LogP contribution in [0.4, 0.5) is 0 Å². The molecule has 24 heavy (non-hydrogen) atoms. The third kappa shape index (κ3) is 4.80. The first-order valence-corrected chi connectivity index (χ1v) is 9.17. The molecule has 2 rings (SSSR count). The van der Waals surface area contributed by atoms with E-state index < -0.39 is 10.0 Å². The van der Waals surface area contributed by atoms with Gasteiger partial charge < -0.3 is 9.47 Å². The highest BCUT2D eigenvalue weighted by atomic mass is 32.2. The summed E-state index contributed by atoms with van der Waals surface area (Å²) in [5.74, 6) is 0.772. The predicted molar refractivity (Wildman–Crippen MR) is 93.7 cm³/mol. The zero-order chi connectivity index (χ0) is 17.6. The minimum absolute atomic E-state index is 0.184. The Morgan fingerprint density at radius 2 is 1.62 bits per heavy atom. The maximum absolute atomic E-state index is 12.3. The van der Waals surface area contributed by atoms with Crippen LogP contribution < -0.4 is 9.46 Å².